The second-order valence-corrected chi connectivity index (χ2v) is 4.48. The number of aromatic nitrogens is 1. The summed E-state index contributed by atoms with van der Waals surface area (Å²) < 4.78 is 0. The molecule has 0 radical (unpaired) electrons. The summed E-state index contributed by atoms with van der Waals surface area (Å²) in [4.78, 5) is 4.99. The molecule has 1 unspecified atom stereocenters. The number of nitrogens with two attached hydrogens (primary N) is 1. The fourth-order valence-corrected chi connectivity index (χ4v) is 1.43. The zero-order chi connectivity index (χ0) is 9.19. The minimum absolute atomic E-state index is 0.502. The summed E-state index contributed by atoms with van der Waals surface area (Å²) >= 11 is 1.54. The molecule has 1 rings (SSSR count). The van der Waals surface area contributed by atoms with Gasteiger partial charge in [-0.15, -0.1) is 11.3 Å². The van der Waals surface area contributed by atoms with Crippen LogP contribution in [0.2, 0.25) is 0 Å². The van der Waals surface area contributed by atoms with Crippen molar-refractivity contribution in [2.24, 2.45) is 5.73 Å². The van der Waals surface area contributed by atoms with Crippen molar-refractivity contribution in [3.63, 3.8) is 0 Å². The Morgan fingerprint density at radius 1 is 1.75 bits per heavy atom. The Kier molecular flexibility index (Phi) is 2.82. The van der Waals surface area contributed by atoms with E-state index in [9.17, 15) is 5.11 Å². The van der Waals surface area contributed by atoms with Gasteiger partial charge in [-0.3, -0.25) is 4.98 Å². The van der Waals surface area contributed by atoms with E-state index in [1.165, 1.54) is 0 Å². The molecule has 12 heavy (non-hydrogen) atoms. The molecule has 0 saturated heterocycles. The molecule has 1 aromatic heterocycles. The van der Waals surface area contributed by atoms with Crippen LogP contribution in [0.4, 0.5) is 0 Å². The van der Waals surface area contributed by atoms with Crippen LogP contribution < -0.4 is 5.73 Å². The van der Waals surface area contributed by atoms with Gasteiger partial charge in [0.1, 0.15) is 0 Å². The fraction of sp³-hybridized carbons (Fsp3) is 0.625. The summed E-state index contributed by atoms with van der Waals surface area (Å²) in [5, 5.41) is 9.61. The molecule has 68 valence electrons. The van der Waals surface area contributed by atoms with Gasteiger partial charge >= 0.3 is 0 Å². The van der Waals surface area contributed by atoms with E-state index in [0.29, 0.717) is 6.42 Å². The Bertz CT molecular complexity index is 228. The standard InChI is InChI=1S/C8H14N2OS/c1-8(2,9)7(11)3-6-4-10-5-12-6/h4-5,7,11H,3,9H2,1-2H3. The van der Waals surface area contributed by atoms with Crippen LogP contribution in [0.5, 0.6) is 0 Å². The van der Waals surface area contributed by atoms with Gasteiger partial charge in [0, 0.05) is 23.0 Å². The Morgan fingerprint density at radius 3 is 2.83 bits per heavy atom. The van der Waals surface area contributed by atoms with E-state index in [2.05, 4.69) is 4.98 Å². The fourth-order valence-electron chi connectivity index (χ4n) is 0.797. The van der Waals surface area contributed by atoms with Crippen molar-refractivity contribution in [1.82, 2.24) is 4.98 Å². The van der Waals surface area contributed by atoms with E-state index >= 15 is 0 Å². The highest BCUT2D eigenvalue weighted by atomic mass is 32.1. The minimum atomic E-state index is -0.538. The summed E-state index contributed by atoms with van der Waals surface area (Å²) in [6.07, 6.45) is 1.85. The van der Waals surface area contributed by atoms with Crippen molar-refractivity contribution in [2.75, 3.05) is 0 Å². The predicted molar refractivity (Wildman–Crippen MR) is 50.1 cm³/mol. The second kappa shape index (κ2) is 3.51. The maximum absolute atomic E-state index is 9.61. The number of nitrogens with zero attached hydrogens (tertiary/aromatic N) is 1. The highest BCUT2D eigenvalue weighted by Crippen LogP contribution is 2.14. The third-order valence-corrected chi connectivity index (χ3v) is 2.54. The van der Waals surface area contributed by atoms with Crippen molar-refractivity contribution in [1.29, 1.82) is 0 Å². The first-order chi connectivity index (χ1) is 5.50. The van der Waals surface area contributed by atoms with E-state index in [1.54, 1.807) is 23.0 Å². The third kappa shape index (κ3) is 2.55. The van der Waals surface area contributed by atoms with Gasteiger partial charge in [0.2, 0.25) is 0 Å². The minimum Gasteiger partial charge on any atom is -0.391 e. The quantitative estimate of drug-likeness (QED) is 0.733. The SMILES string of the molecule is CC(C)(N)C(O)Cc1cncs1. The Balaban J connectivity index is 2.53. The van der Waals surface area contributed by atoms with Crippen molar-refractivity contribution in [3.8, 4) is 0 Å². The van der Waals surface area contributed by atoms with E-state index < -0.39 is 11.6 Å². The number of rotatable bonds is 3. The first-order valence-corrected chi connectivity index (χ1v) is 4.72. The number of hydrogen-bond donors (Lipinski definition) is 2. The Hall–Kier alpha value is -0.450. The maximum atomic E-state index is 9.61. The topological polar surface area (TPSA) is 59.1 Å². The maximum Gasteiger partial charge on any atom is 0.0794 e. The summed E-state index contributed by atoms with van der Waals surface area (Å²) in [5.41, 5.74) is 6.95. The molecular formula is C8H14N2OS. The number of aliphatic hydroxyl groups is 1. The monoisotopic (exact) mass is 186 g/mol. The van der Waals surface area contributed by atoms with Crippen molar-refractivity contribution in [2.45, 2.75) is 31.9 Å². The predicted octanol–water partition coefficient (Wildman–Crippen LogP) is 0.784. The number of aliphatic hydroxyl groups excluding tert-OH is 1. The smallest absolute Gasteiger partial charge is 0.0794 e. The van der Waals surface area contributed by atoms with Crippen molar-refractivity contribution < 1.29 is 5.11 Å². The van der Waals surface area contributed by atoms with Gasteiger partial charge < -0.3 is 10.8 Å². The molecule has 0 bridgehead atoms. The van der Waals surface area contributed by atoms with Crippen LogP contribution in [0.15, 0.2) is 11.7 Å². The zero-order valence-electron chi connectivity index (χ0n) is 7.32. The first-order valence-electron chi connectivity index (χ1n) is 3.84. The number of thiazole rings is 1. The molecule has 3 N–H and O–H groups in total. The Labute approximate surface area is 76.3 Å². The van der Waals surface area contributed by atoms with Crippen LogP contribution in [-0.2, 0) is 6.42 Å². The van der Waals surface area contributed by atoms with Gasteiger partial charge in [0.15, 0.2) is 0 Å². The van der Waals surface area contributed by atoms with Gasteiger partial charge in [-0.05, 0) is 13.8 Å². The molecule has 1 atom stereocenters. The van der Waals surface area contributed by atoms with Crippen molar-refractivity contribution in [3.05, 3.63) is 16.6 Å². The average molecular weight is 186 g/mol. The lowest BCUT2D eigenvalue weighted by molar-refractivity contribution is 0.105. The molecule has 0 aliphatic carbocycles. The van der Waals surface area contributed by atoms with Gasteiger partial charge in [-0.25, -0.2) is 0 Å². The van der Waals surface area contributed by atoms with Crippen LogP contribution >= 0.6 is 11.3 Å². The summed E-state index contributed by atoms with van der Waals surface area (Å²) in [5.74, 6) is 0. The molecular weight excluding hydrogens is 172 g/mol. The molecule has 0 fully saturated rings. The third-order valence-electron chi connectivity index (χ3n) is 1.74. The molecule has 1 aromatic rings. The second-order valence-electron chi connectivity index (χ2n) is 3.51. The lowest BCUT2D eigenvalue weighted by atomic mass is 9.96. The van der Waals surface area contributed by atoms with Crippen LogP contribution in [0.1, 0.15) is 18.7 Å². The van der Waals surface area contributed by atoms with E-state index in [4.69, 9.17) is 5.73 Å². The zero-order valence-corrected chi connectivity index (χ0v) is 8.14. The van der Waals surface area contributed by atoms with E-state index in [1.807, 2.05) is 13.8 Å². The van der Waals surface area contributed by atoms with Gasteiger partial charge in [-0.1, -0.05) is 0 Å². The summed E-state index contributed by atoms with van der Waals surface area (Å²) in [6, 6.07) is 0. The Morgan fingerprint density at radius 2 is 2.42 bits per heavy atom. The van der Waals surface area contributed by atoms with E-state index in [-0.39, 0.29) is 0 Å². The molecule has 0 saturated carbocycles. The molecule has 0 amide bonds. The van der Waals surface area contributed by atoms with E-state index in [0.717, 1.165) is 4.88 Å². The molecule has 0 spiro atoms. The molecule has 3 nitrogen and oxygen atoms in total. The van der Waals surface area contributed by atoms with Crippen LogP contribution in [0.25, 0.3) is 0 Å². The molecule has 4 heteroatoms. The van der Waals surface area contributed by atoms with Gasteiger partial charge in [-0.2, -0.15) is 0 Å². The highest BCUT2D eigenvalue weighted by molar-refractivity contribution is 7.09. The molecule has 0 aliphatic rings. The van der Waals surface area contributed by atoms with Crippen LogP contribution in [0, 0.1) is 0 Å². The summed E-state index contributed by atoms with van der Waals surface area (Å²) in [7, 11) is 0. The number of hydrogen-bond acceptors (Lipinski definition) is 4. The molecule has 1 heterocycles. The highest BCUT2D eigenvalue weighted by Gasteiger charge is 2.22. The van der Waals surface area contributed by atoms with Gasteiger partial charge in [0.25, 0.3) is 0 Å². The molecule has 0 aliphatic heterocycles. The summed E-state index contributed by atoms with van der Waals surface area (Å²) in [6.45, 7) is 3.64. The first kappa shape index (κ1) is 9.64. The lowest BCUT2D eigenvalue weighted by Crippen LogP contribution is -2.46. The van der Waals surface area contributed by atoms with Crippen LogP contribution in [0.3, 0.4) is 0 Å². The van der Waals surface area contributed by atoms with Gasteiger partial charge in [0.05, 0.1) is 11.6 Å². The average Bonchev–Trinajstić information content (AvgIpc) is 2.37. The normalized spacial score (nSPS) is 14.7. The van der Waals surface area contributed by atoms with Crippen molar-refractivity contribution >= 4 is 11.3 Å². The largest absolute Gasteiger partial charge is 0.391 e. The van der Waals surface area contributed by atoms with Crippen LogP contribution in [-0.4, -0.2) is 21.7 Å². The molecule has 0 aromatic carbocycles. The lowest BCUT2D eigenvalue weighted by Gasteiger charge is -2.24.